The molecule has 90 valence electrons. The van der Waals surface area contributed by atoms with E-state index in [4.69, 9.17) is 9.15 Å². The van der Waals surface area contributed by atoms with Gasteiger partial charge in [-0.25, -0.2) is 4.98 Å². The first-order valence-corrected chi connectivity index (χ1v) is 5.55. The summed E-state index contributed by atoms with van der Waals surface area (Å²) in [6, 6.07) is 3.68. The second kappa shape index (κ2) is 6.00. The van der Waals surface area contributed by atoms with Crippen LogP contribution in [0.2, 0.25) is 0 Å². The average molecular weight is 233 g/mol. The summed E-state index contributed by atoms with van der Waals surface area (Å²) < 4.78 is 10.6. The van der Waals surface area contributed by atoms with E-state index in [-0.39, 0.29) is 0 Å². The van der Waals surface area contributed by atoms with E-state index in [0.717, 1.165) is 24.5 Å². The smallest absolute Gasteiger partial charge is 0.232 e. The van der Waals surface area contributed by atoms with Crippen LogP contribution in [-0.4, -0.2) is 16.5 Å². The second-order valence-electron chi connectivity index (χ2n) is 3.49. The summed E-state index contributed by atoms with van der Waals surface area (Å²) in [7, 11) is 0. The lowest BCUT2D eigenvalue weighted by molar-refractivity contribution is 0.259. The number of hydrogen-bond acceptors (Lipinski definition) is 5. The van der Waals surface area contributed by atoms with Crippen molar-refractivity contribution in [1.29, 1.82) is 0 Å². The van der Waals surface area contributed by atoms with Gasteiger partial charge in [0.25, 0.3) is 0 Å². The van der Waals surface area contributed by atoms with Gasteiger partial charge in [-0.05, 0) is 18.7 Å². The first-order valence-electron chi connectivity index (χ1n) is 5.55. The number of hydrogen-bond donors (Lipinski definition) is 1. The van der Waals surface area contributed by atoms with Crippen molar-refractivity contribution in [3.63, 3.8) is 0 Å². The largest absolute Gasteiger partial charge is 0.468 e. The highest BCUT2D eigenvalue weighted by molar-refractivity contribution is 5.08. The first-order chi connectivity index (χ1) is 8.38. The average Bonchev–Trinajstić information content (AvgIpc) is 2.88. The summed E-state index contributed by atoms with van der Waals surface area (Å²) >= 11 is 0. The van der Waals surface area contributed by atoms with E-state index in [2.05, 4.69) is 15.3 Å². The van der Waals surface area contributed by atoms with E-state index >= 15 is 0 Å². The van der Waals surface area contributed by atoms with Crippen LogP contribution in [-0.2, 0) is 13.2 Å². The molecule has 0 radical (unpaired) electrons. The minimum absolute atomic E-state index is 0.369. The fraction of sp³-hybridized carbons (Fsp3) is 0.333. The number of aromatic nitrogens is 2. The van der Waals surface area contributed by atoms with E-state index < -0.39 is 0 Å². The highest BCUT2D eigenvalue weighted by atomic mass is 16.5. The Kier molecular flexibility index (Phi) is 4.10. The molecule has 0 spiro atoms. The van der Waals surface area contributed by atoms with Gasteiger partial charge in [-0.2, -0.15) is 0 Å². The Labute approximate surface area is 99.8 Å². The molecule has 2 heterocycles. The molecule has 0 saturated carbocycles. The maximum atomic E-state index is 5.42. The minimum atomic E-state index is 0.369. The zero-order chi connectivity index (χ0) is 11.9. The maximum absolute atomic E-state index is 5.42. The van der Waals surface area contributed by atoms with E-state index in [9.17, 15) is 0 Å². The maximum Gasteiger partial charge on any atom is 0.232 e. The van der Waals surface area contributed by atoms with Crippen LogP contribution in [0.1, 0.15) is 18.4 Å². The molecule has 0 aliphatic heterocycles. The van der Waals surface area contributed by atoms with Crippen molar-refractivity contribution in [3.8, 4) is 5.88 Å². The number of furan rings is 1. The summed E-state index contributed by atoms with van der Waals surface area (Å²) in [5, 5.41) is 3.18. The fourth-order valence-corrected chi connectivity index (χ4v) is 1.30. The molecule has 0 bridgehead atoms. The SMILES string of the molecule is CCNCc1cnc(OCc2ccco2)cn1. The van der Waals surface area contributed by atoms with Crippen LogP contribution in [0.3, 0.4) is 0 Å². The van der Waals surface area contributed by atoms with Gasteiger partial charge in [0.05, 0.1) is 24.4 Å². The van der Waals surface area contributed by atoms with Gasteiger partial charge in [-0.1, -0.05) is 6.92 Å². The Morgan fingerprint density at radius 3 is 2.94 bits per heavy atom. The normalized spacial score (nSPS) is 10.4. The topological polar surface area (TPSA) is 60.2 Å². The van der Waals surface area contributed by atoms with Crippen LogP contribution in [0, 0.1) is 0 Å². The van der Waals surface area contributed by atoms with Crippen molar-refractivity contribution >= 4 is 0 Å². The standard InChI is InChI=1S/C12H15N3O2/c1-2-13-6-10-7-15-12(8-14-10)17-9-11-4-3-5-16-11/h3-5,7-8,13H,2,6,9H2,1H3. The summed E-state index contributed by atoms with van der Waals surface area (Å²) in [6.07, 6.45) is 4.94. The van der Waals surface area contributed by atoms with E-state index in [1.165, 1.54) is 0 Å². The molecular formula is C12H15N3O2. The Morgan fingerprint density at radius 1 is 1.35 bits per heavy atom. The molecule has 0 aromatic carbocycles. The van der Waals surface area contributed by atoms with Gasteiger partial charge in [0.1, 0.15) is 12.4 Å². The molecule has 0 amide bonds. The molecule has 5 nitrogen and oxygen atoms in total. The van der Waals surface area contributed by atoms with Crippen molar-refractivity contribution in [3.05, 3.63) is 42.2 Å². The number of ether oxygens (including phenoxy) is 1. The van der Waals surface area contributed by atoms with Crippen LogP contribution in [0.4, 0.5) is 0 Å². The Morgan fingerprint density at radius 2 is 2.29 bits per heavy atom. The molecule has 17 heavy (non-hydrogen) atoms. The lowest BCUT2D eigenvalue weighted by atomic mass is 10.4. The molecule has 0 aliphatic carbocycles. The Balaban J connectivity index is 1.85. The predicted octanol–water partition coefficient (Wildman–Crippen LogP) is 1.76. The molecule has 0 unspecified atom stereocenters. The molecule has 0 atom stereocenters. The van der Waals surface area contributed by atoms with Gasteiger partial charge in [-0.15, -0.1) is 0 Å². The van der Waals surface area contributed by atoms with Gasteiger partial charge in [-0.3, -0.25) is 4.98 Å². The predicted molar refractivity (Wildman–Crippen MR) is 62.5 cm³/mol. The molecule has 2 rings (SSSR count). The van der Waals surface area contributed by atoms with Gasteiger partial charge in [0, 0.05) is 6.54 Å². The van der Waals surface area contributed by atoms with Gasteiger partial charge < -0.3 is 14.5 Å². The Hall–Kier alpha value is -1.88. The molecule has 0 aliphatic rings. The molecule has 1 N–H and O–H groups in total. The molecule has 2 aromatic rings. The number of rotatable bonds is 6. The number of nitrogens with one attached hydrogen (secondary N) is 1. The summed E-state index contributed by atoms with van der Waals surface area (Å²) in [6.45, 7) is 4.06. The van der Waals surface area contributed by atoms with Crippen molar-refractivity contribution in [1.82, 2.24) is 15.3 Å². The van der Waals surface area contributed by atoms with Crippen LogP contribution in [0.25, 0.3) is 0 Å². The van der Waals surface area contributed by atoms with Crippen LogP contribution in [0.15, 0.2) is 35.2 Å². The van der Waals surface area contributed by atoms with Crippen molar-refractivity contribution < 1.29 is 9.15 Å². The third kappa shape index (κ3) is 3.57. The summed E-state index contributed by atoms with van der Waals surface area (Å²) in [4.78, 5) is 8.40. The van der Waals surface area contributed by atoms with Crippen LogP contribution in [0.5, 0.6) is 5.88 Å². The quantitative estimate of drug-likeness (QED) is 0.823. The molecule has 0 fully saturated rings. The van der Waals surface area contributed by atoms with Gasteiger partial charge in [0.15, 0.2) is 0 Å². The Bertz CT molecular complexity index is 426. The summed E-state index contributed by atoms with van der Waals surface area (Å²) in [5.74, 6) is 1.27. The highest BCUT2D eigenvalue weighted by Crippen LogP contribution is 2.08. The lowest BCUT2D eigenvalue weighted by Gasteiger charge is -2.04. The third-order valence-electron chi connectivity index (χ3n) is 2.18. The zero-order valence-corrected chi connectivity index (χ0v) is 9.72. The monoisotopic (exact) mass is 233 g/mol. The van der Waals surface area contributed by atoms with E-state index in [1.54, 1.807) is 18.7 Å². The van der Waals surface area contributed by atoms with E-state index in [0.29, 0.717) is 12.5 Å². The molecule has 2 aromatic heterocycles. The second-order valence-corrected chi connectivity index (χ2v) is 3.49. The minimum Gasteiger partial charge on any atom is -0.468 e. The van der Waals surface area contributed by atoms with Crippen molar-refractivity contribution in [2.45, 2.75) is 20.1 Å². The first kappa shape index (κ1) is 11.6. The van der Waals surface area contributed by atoms with Crippen LogP contribution < -0.4 is 10.1 Å². The third-order valence-corrected chi connectivity index (χ3v) is 2.18. The molecular weight excluding hydrogens is 218 g/mol. The molecule has 5 heteroatoms. The van der Waals surface area contributed by atoms with E-state index in [1.807, 2.05) is 19.1 Å². The van der Waals surface area contributed by atoms with Gasteiger partial charge in [0.2, 0.25) is 5.88 Å². The highest BCUT2D eigenvalue weighted by Gasteiger charge is 2.00. The van der Waals surface area contributed by atoms with Gasteiger partial charge >= 0.3 is 0 Å². The lowest BCUT2D eigenvalue weighted by Crippen LogP contribution is -2.13. The molecule has 0 saturated heterocycles. The van der Waals surface area contributed by atoms with Crippen LogP contribution >= 0.6 is 0 Å². The zero-order valence-electron chi connectivity index (χ0n) is 9.72. The number of nitrogens with zero attached hydrogens (tertiary/aromatic N) is 2. The fourth-order valence-electron chi connectivity index (χ4n) is 1.30. The van der Waals surface area contributed by atoms with Crippen molar-refractivity contribution in [2.75, 3.05) is 6.54 Å². The van der Waals surface area contributed by atoms with Crippen molar-refractivity contribution in [2.24, 2.45) is 0 Å². The summed E-state index contributed by atoms with van der Waals surface area (Å²) in [5.41, 5.74) is 0.900.